The van der Waals surface area contributed by atoms with Crippen molar-refractivity contribution in [2.45, 2.75) is 20.8 Å². The molecule has 0 unspecified atom stereocenters. The molecule has 0 atom stereocenters. The fourth-order valence-corrected chi connectivity index (χ4v) is 2.55. The zero-order chi connectivity index (χ0) is 15.0. The topological polar surface area (TPSA) is 69.6 Å². The molecule has 106 valence electrons. The van der Waals surface area contributed by atoms with Crippen molar-refractivity contribution in [2.75, 3.05) is 5.73 Å². The van der Waals surface area contributed by atoms with Gasteiger partial charge in [0.2, 0.25) is 5.95 Å². The molecule has 0 amide bonds. The van der Waals surface area contributed by atoms with E-state index in [0.717, 1.165) is 34.0 Å². The van der Waals surface area contributed by atoms with Crippen LogP contribution in [0.25, 0.3) is 16.9 Å². The maximum absolute atomic E-state index is 5.77. The first kappa shape index (κ1) is 13.3. The molecular formula is C16H17N5. The highest BCUT2D eigenvalue weighted by Crippen LogP contribution is 2.27. The van der Waals surface area contributed by atoms with Crippen LogP contribution < -0.4 is 5.73 Å². The number of nitrogen functional groups attached to an aromatic ring is 1. The van der Waals surface area contributed by atoms with Crippen LogP contribution in [0.3, 0.4) is 0 Å². The van der Waals surface area contributed by atoms with E-state index in [1.54, 1.807) is 0 Å². The van der Waals surface area contributed by atoms with Crippen LogP contribution in [-0.2, 0) is 0 Å². The van der Waals surface area contributed by atoms with Crippen LogP contribution in [0.4, 0.5) is 5.95 Å². The van der Waals surface area contributed by atoms with Crippen molar-refractivity contribution < 1.29 is 0 Å². The van der Waals surface area contributed by atoms with Crippen LogP contribution >= 0.6 is 0 Å². The van der Waals surface area contributed by atoms with Gasteiger partial charge in [-0.1, -0.05) is 18.2 Å². The summed E-state index contributed by atoms with van der Waals surface area (Å²) < 4.78 is 1.93. The number of hydrogen-bond donors (Lipinski definition) is 1. The Balaban J connectivity index is 2.19. The molecule has 0 radical (unpaired) electrons. The number of benzene rings is 1. The maximum atomic E-state index is 5.77. The van der Waals surface area contributed by atoms with Gasteiger partial charge >= 0.3 is 0 Å². The molecule has 21 heavy (non-hydrogen) atoms. The summed E-state index contributed by atoms with van der Waals surface area (Å²) in [6.45, 7) is 5.93. The average Bonchev–Trinajstić information content (AvgIpc) is 2.74. The summed E-state index contributed by atoms with van der Waals surface area (Å²) in [5.41, 5.74) is 11.4. The van der Waals surface area contributed by atoms with Gasteiger partial charge in [-0.2, -0.15) is 5.10 Å². The highest BCUT2D eigenvalue weighted by Gasteiger charge is 2.16. The van der Waals surface area contributed by atoms with Gasteiger partial charge in [-0.15, -0.1) is 0 Å². The lowest BCUT2D eigenvalue weighted by Crippen LogP contribution is -2.00. The molecule has 0 bridgehead atoms. The normalized spacial score (nSPS) is 10.8. The average molecular weight is 279 g/mol. The number of aryl methyl sites for hydroxylation is 2. The zero-order valence-electron chi connectivity index (χ0n) is 12.3. The number of nitrogens with two attached hydrogens (primary N) is 1. The van der Waals surface area contributed by atoms with Gasteiger partial charge in [0.15, 0.2) is 0 Å². The zero-order valence-corrected chi connectivity index (χ0v) is 12.3. The van der Waals surface area contributed by atoms with Gasteiger partial charge in [0.05, 0.1) is 22.8 Å². The molecule has 5 heteroatoms. The van der Waals surface area contributed by atoms with Crippen molar-refractivity contribution in [3.8, 4) is 16.9 Å². The molecule has 0 saturated heterocycles. The first-order valence-electron chi connectivity index (χ1n) is 6.79. The van der Waals surface area contributed by atoms with Gasteiger partial charge in [0.25, 0.3) is 0 Å². The smallest absolute Gasteiger partial charge is 0.220 e. The summed E-state index contributed by atoms with van der Waals surface area (Å²) in [6, 6.07) is 12.0. The number of hydrogen-bond acceptors (Lipinski definition) is 4. The Morgan fingerprint density at radius 2 is 1.71 bits per heavy atom. The molecule has 3 aromatic rings. The number of aromatic nitrogens is 4. The van der Waals surface area contributed by atoms with Gasteiger partial charge < -0.3 is 5.73 Å². The third-order valence-electron chi connectivity index (χ3n) is 3.42. The van der Waals surface area contributed by atoms with Crippen LogP contribution in [0.15, 0.2) is 36.4 Å². The summed E-state index contributed by atoms with van der Waals surface area (Å²) in [6.07, 6.45) is 0. The summed E-state index contributed by atoms with van der Waals surface area (Å²) in [5, 5.41) is 4.63. The lowest BCUT2D eigenvalue weighted by Gasteiger charge is -2.06. The van der Waals surface area contributed by atoms with E-state index in [4.69, 9.17) is 5.73 Å². The Kier molecular flexibility index (Phi) is 3.17. The van der Waals surface area contributed by atoms with E-state index in [-0.39, 0.29) is 5.95 Å². The van der Waals surface area contributed by atoms with Crippen LogP contribution in [0.2, 0.25) is 0 Å². The molecule has 0 aliphatic carbocycles. The van der Waals surface area contributed by atoms with E-state index < -0.39 is 0 Å². The quantitative estimate of drug-likeness (QED) is 0.783. The third-order valence-corrected chi connectivity index (χ3v) is 3.42. The van der Waals surface area contributed by atoms with Gasteiger partial charge in [-0.3, -0.25) is 0 Å². The number of anilines is 1. The molecule has 2 aromatic heterocycles. The minimum atomic E-state index is 0.288. The van der Waals surface area contributed by atoms with Gasteiger partial charge in [-0.25, -0.2) is 14.6 Å². The Labute approximate surface area is 123 Å². The van der Waals surface area contributed by atoms with E-state index in [9.17, 15) is 0 Å². The highest BCUT2D eigenvalue weighted by atomic mass is 15.3. The molecule has 0 saturated carbocycles. The first-order valence-corrected chi connectivity index (χ1v) is 6.79. The summed E-state index contributed by atoms with van der Waals surface area (Å²) in [7, 11) is 0. The Morgan fingerprint density at radius 3 is 2.38 bits per heavy atom. The highest BCUT2D eigenvalue weighted by molar-refractivity contribution is 5.66. The lowest BCUT2D eigenvalue weighted by atomic mass is 10.1. The molecule has 0 spiro atoms. The Morgan fingerprint density at radius 1 is 1.00 bits per heavy atom. The van der Waals surface area contributed by atoms with Crippen molar-refractivity contribution in [1.82, 2.24) is 19.7 Å². The molecule has 2 N–H and O–H groups in total. The van der Waals surface area contributed by atoms with E-state index >= 15 is 0 Å². The first-order chi connectivity index (χ1) is 10.1. The van der Waals surface area contributed by atoms with E-state index in [1.807, 2.05) is 61.9 Å². The van der Waals surface area contributed by atoms with Crippen LogP contribution in [0.1, 0.15) is 17.1 Å². The largest absolute Gasteiger partial charge is 0.368 e. The van der Waals surface area contributed by atoms with Crippen molar-refractivity contribution in [3.63, 3.8) is 0 Å². The molecule has 5 nitrogen and oxygen atoms in total. The van der Waals surface area contributed by atoms with Crippen molar-refractivity contribution in [2.24, 2.45) is 0 Å². The van der Waals surface area contributed by atoms with Crippen molar-refractivity contribution in [3.05, 3.63) is 53.5 Å². The second-order valence-electron chi connectivity index (χ2n) is 5.05. The standard InChI is InChI=1S/C16H17N5/c1-10-9-14(19-16(17)18-10)15-11(2)20-21(12(15)3)13-7-5-4-6-8-13/h4-9H,1-3H3,(H2,17,18,19). The Bertz CT molecular complexity index is 770. The molecule has 1 aromatic carbocycles. The minimum Gasteiger partial charge on any atom is -0.368 e. The third kappa shape index (κ3) is 2.38. The molecule has 0 aliphatic heterocycles. The molecule has 2 heterocycles. The van der Waals surface area contributed by atoms with E-state index in [0.29, 0.717) is 0 Å². The summed E-state index contributed by atoms with van der Waals surface area (Å²) in [5.74, 6) is 0.288. The second-order valence-corrected chi connectivity index (χ2v) is 5.05. The predicted molar refractivity (Wildman–Crippen MR) is 83.2 cm³/mol. The van der Waals surface area contributed by atoms with Crippen LogP contribution in [-0.4, -0.2) is 19.7 Å². The number of para-hydroxylation sites is 1. The monoisotopic (exact) mass is 279 g/mol. The van der Waals surface area contributed by atoms with Crippen molar-refractivity contribution in [1.29, 1.82) is 0 Å². The summed E-state index contributed by atoms with van der Waals surface area (Å²) in [4.78, 5) is 8.47. The Hall–Kier alpha value is -2.69. The fourth-order valence-electron chi connectivity index (χ4n) is 2.55. The minimum absolute atomic E-state index is 0.288. The lowest BCUT2D eigenvalue weighted by molar-refractivity contribution is 0.834. The molecule has 0 fully saturated rings. The molecule has 3 rings (SSSR count). The van der Waals surface area contributed by atoms with E-state index in [2.05, 4.69) is 15.1 Å². The van der Waals surface area contributed by atoms with Gasteiger partial charge in [0, 0.05) is 11.3 Å². The van der Waals surface area contributed by atoms with Crippen LogP contribution in [0.5, 0.6) is 0 Å². The second kappa shape index (κ2) is 5.01. The van der Waals surface area contributed by atoms with Gasteiger partial charge in [0.1, 0.15) is 0 Å². The van der Waals surface area contributed by atoms with E-state index in [1.165, 1.54) is 0 Å². The predicted octanol–water partition coefficient (Wildman–Crippen LogP) is 2.84. The molecular weight excluding hydrogens is 262 g/mol. The number of rotatable bonds is 2. The van der Waals surface area contributed by atoms with Gasteiger partial charge in [-0.05, 0) is 39.0 Å². The van der Waals surface area contributed by atoms with Crippen LogP contribution in [0, 0.1) is 20.8 Å². The fraction of sp³-hybridized carbons (Fsp3) is 0.188. The molecule has 0 aliphatic rings. The van der Waals surface area contributed by atoms with Crippen molar-refractivity contribution >= 4 is 5.95 Å². The SMILES string of the molecule is Cc1cc(-c2c(C)nn(-c3ccccc3)c2C)nc(N)n1. The maximum Gasteiger partial charge on any atom is 0.220 e. The number of nitrogens with zero attached hydrogens (tertiary/aromatic N) is 4. The summed E-state index contributed by atoms with van der Waals surface area (Å²) >= 11 is 0.